The summed E-state index contributed by atoms with van der Waals surface area (Å²) < 4.78 is 14.6. The van der Waals surface area contributed by atoms with Crippen LogP contribution in [0.25, 0.3) is 5.82 Å². The van der Waals surface area contributed by atoms with Crippen molar-refractivity contribution >= 4 is 11.6 Å². The first-order valence-corrected chi connectivity index (χ1v) is 5.99. The van der Waals surface area contributed by atoms with Crippen LogP contribution < -0.4 is 10.4 Å². The number of H-pyrrole nitrogens is 1. The summed E-state index contributed by atoms with van der Waals surface area (Å²) in [6.07, 6.45) is 1.40. The topological polar surface area (TPSA) is 129 Å². The number of aromatic nitrogens is 9. The van der Waals surface area contributed by atoms with E-state index in [1.165, 1.54) is 19.3 Å². The van der Waals surface area contributed by atoms with Crippen LogP contribution in [0.4, 0.5) is 0 Å². The number of hydrogen-bond donors (Lipinski definition) is 1. The molecule has 0 radical (unpaired) electrons. The second-order valence-corrected chi connectivity index (χ2v) is 4.20. The van der Waals surface area contributed by atoms with Crippen LogP contribution in [0.1, 0.15) is 5.56 Å². The number of aromatic amines is 1. The lowest BCUT2D eigenvalue weighted by Crippen LogP contribution is -2.24. The highest BCUT2D eigenvalue weighted by Crippen LogP contribution is 2.18. The number of aryl methyl sites for hydroxylation is 1. The Hall–Kier alpha value is -2.82. The number of tetrazole rings is 1. The van der Waals surface area contributed by atoms with E-state index in [0.717, 1.165) is 14.5 Å². The number of rotatable bonds is 4. The highest BCUT2D eigenvalue weighted by molar-refractivity contribution is 6.30. The summed E-state index contributed by atoms with van der Waals surface area (Å²) in [5, 5.41) is 22.7. The van der Waals surface area contributed by atoms with Crippen molar-refractivity contribution in [2.75, 3.05) is 0 Å². The quantitative estimate of drug-likeness (QED) is 0.656. The van der Waals surface area contributed by atoms with Crippen LogP contribution in [0.3, 0.4) is 0 Å². The molecule has 0 aliphatic carbocycles. The van der Waals surface area contributed by atoms with E-state index in [1.807, 2.05) is 0 Å². The minimum absolute atomic E-state index is 0.00728. The van der Waals surface area contributed by atoms with Crippen molar-refractivity contribution in [3.8, 4) is 11.7 Å². The van der Waals surface area contributed by atoms with Crippen molar-refractivity contribution in [1.29, 1.82) is 0 Å². The molecule has 108 valence electrons. The normalized spacial score (nSPS) is 11.4. The monoisotopic (exact) mass is 311 g/mol. The van der Waals surface area contributed by atoms with Crippen LogP contribution in [-0.2, 0) is 13.7 Å². The SMILES string of the molecule is [3H]n1ccc(OCc2c(Cl)nnnc2-n2nnn(C)c2=O)n1. The fourth-order valence-electron chi connectivity index (χ4n) is 1.50. The first kappa shape index (κ1) is 12.0. The smallest absolute Gasteiger partial charge is 0.369 e. The number of ether oxygens (including phenoxy) is 1. The molecule has 0 atom stereocenters. The van der Waals surface area contributed by atoms with E-state index in [1.54, 1.807) is 0 Å². The van der Waals surface area contributed by atoms with E-state index in [4.69, 9.17) is 17.7 Å². The predicted octanol–water partition coefficient (Wildman–Crippen LogP) is -0.893. The standard InChI is InChI=1S/C9H8ClN9O2/c1-18-9(20)19(17-16-18)8-5(7(10)13-15-14-8)4-21-6-2-3-11-12-6/h2-3H,4H2,1H3,(H,11,12)/i/hT. The Kier molecular flexibility index (Phi) is 3.01. The van der Waals surface area contributed by atoms with Gasteiger partial charge >= 0.3 is 5.69 Å². The highest BCUT2D eigenvalue weighted by Gasteiger charge is 2.18. The molecule has 3 aromatic heterocycles. The Morgan fingerprint density at radius 2 is 2.33 bits per heavy atom. The van der Waals surface area contributed by atoms with Gasteiger partial charge in [0.25, 0.3) is 0 Å². The van der Waals surface area contributed by atoms with Crippen LogP contribution >= 0.6 is 11.6 Å². The van der Waals surface area contributed by atoms with Crippen molar-refractivity contribution in [2.24, 2.45) is 7.05 Å². The third-order valence-electron chi connectivity index (χ3n) is 2.52. The lowest BCUT2D eigenvalue weighted by molar-refractivity contribution is 0.291. The third kappa shape index (κ3) is 2.45. The zero-order chi connectivity index (χ0) is 15.7. The lowest BCUT2D eigenvalue weighted by atomic mass is 10.3. The van der Waals surface area contributed by atoms with Gasteiger partial charge in [0.2, 0.25) is 5.88 Å². The van der Waals surface area contributed by atoms with Gasteiger partial charge in [0.1, 0.15) is 6.61 Å². The third-order valence-corrected chi connectivity index (χ3v) is 2.82. The average Bonchev–Trinajstić information content (AvgIpc) is 3.05. The van der Waals surface area contributed by atoms with Gasteiger partial charge in [0.15, 0.2) is 12.4 Å². The van der Waals surface area contributed by atoms with Crippen molar-refractivity contribution < 1.29 is 6.15 Å². The van der Waals surface area contributed by atoms with Gasteiger partial charge < -0.3 is 4.74 Å². The first-order valence-electron chi connectivity index (χ1n) is 6.06. The van der Waals surface area contributed by atoms with Gasteiger partial charge in [-0.3, -0.25) is 5.09 Å². The number of hydrogen-bond acceptors (Lipinski definition) is 8. The average molecular weight is 312 g/mol. The van der Waals surface area contributed by atoms with Crippen LogP contribution in [0.5, 0.6) is 5.88 Å². The minimum Gasteiger partial charge on any atom is -0.471 e. The van der Waals surface area contributed by atoms with Crippen molar-refractivity contribution in [3.05, 3.63) is 33.5 Å². The van der Waals surface area contributed by atoms with Crippen molar-refractivity contribution in [2.45, 2.75) is 6.61 Å². The van der Waals surface area contributed by atoms with Crippen molar-refractivity contribution in [3.63, 3.8) is 0 Å². The zero-order valence-electron chi connectivity index (χ0n) is 11.6. The fraction of sp³-hybridized carbons (Fsp3) is 0.222. The molecule has 21 heavy (non-hydrogen) atoms. The minimum atomic E-state index is -0.520. The van der Waals surface area contributed by atoms with Crippen LogP contribution in [0.15, 0.2) is 17.1 Å². The first-order chi connectivity index (χ1) is 10.6. The van der Waals surface area contributed by atoms with Gasteiger partial charge in [-0.1, -0.05) is 11.6 Å². The summed E-state index contributed by atoms with van der Waals surface area (Å²) in [6.45, 7) is -0.0866. The molecule has 0 saturated carbocycles. The number of halogens is 1. The molecule has 3 aromatic rings. The Bertz CT molecular complexity index is 872. The molecular weight excluding hydrogens is 302 g/mol. The van der Waals surface area contributed by atoms with Gasteiger partial charge in [-0.15, -0.1) is 20.0 Å². The van der Waals surface area contributed by atoms with E-state index in [9.17, 15) is 4.79 Å². The second-order valence-electron chi connectivity index (χ2n) is 3.84. The molecule has 1 N–H and O–H groups in total. The van der Waals surface area contributed by atoms with E-state index >= 15 is 0 Å². The van der Waals surface area contributed by atoms with Gasteiger partial charge in [0, 0.05) is 19.3 Å². The Morgan fingerprint density at radius 3 is 3.00 bits per heavy atom. The van der Waals surface area contributed by atoms with Gasteiger partial charge in [0.05, 0.1) is 5.56 Å². The predicted molar refractivity (Wildman–Crippen MR) is 67.9 cm³/mol. The molecule has 0 unspecified atom stereocenters. The summed E-state index contributed by atoms with van der Waals surface area (Å²) in [6, 6.07) is 1.50. The summed E-state index contributed by atoms with van der Waals surface area (Å²) in [5.74, 6) is 0.267. The van der Waals surface area contributed by atoms with Gasteiger partial charge in [-0.05, 0) is 15.6 Å². The molecule has 0 saturated heterocycles. The summed E-state index contributed by atoms with van der Waals surface area (Å²) >= 11 is 5.98. The van der Waals surface area contributed by atoms with Crippen LogP contribution in [-0.4, -0.2) is 45.4 Å². The van der Waals surface area contributed by atoms with Gasteiger partial charge in [-0.25, -0.2) is 4.79 Å². The van der Waals surface area contributed by atoms with Crippen LogP contribution in [0, 0.1) is 0 Å². The fourth-order valence-corrected chi connectivity index (χ4v) is 1.67. The van der Waals surface area contributed by atoms with E-state index in [-0.39, 0.29) is 23.5 Å². The molecule has 0 aliphatic rings. The Morgan fingerprint density at radius 1 is 1.48 bits per heavy atom. The molecule has 0 spiro atoms. The Balaban J connectivity index is 1.96. The molecule has 3 heterocycles. The molecule has 0 amide bonds. The maximum Gasteiger partial charge on any atom is 0.369 e. The van der Waals surface area contributed by atoms with E-state index < -0.39 is 5.69 Å². The largest absolute Gasteiger partial charge is 0.471 e. The maximum absolute atomic E-state index is 11.9. The summed E-state index contributed by atoms with van der Waals surface area (Å²) in [4.78, 5) is 11.9. The van der Waals surface area contributed by atoms with E-state index in [2.05, 4.69) is 30.9 Å². The van der Waals surface area contributed by atoms with Crippen molar-refractivity contribution in [1.82, 2.24) is 45.4 Å². The molecule has 0 aliphatic heterocycles. The molecule has 11 nitrogen and oxygen atoms in total. The summed E-state index contributed by atoms with van der Waals surface area (Å²) in [5.41, 5.74) is -0.230. The molecule has 0 bridgehead atoms. The number of nitrogens with zero attached hydrogens (tertiary/aromatic N) is 8. The zero-order valence-corrected chi connectivity index (χ0v) is 11.3. The molecule has 12 heteroatoms. The Labute approximate surface area is 123 Å². The number of nitrogens with one attached hydrogen (secondary N) is 1. The summed E-state index contributed by atoms with van der Waals surface area (Å²) in [7, 11) is 1.44. The van der Waals surface area contributed by atoms with Crippen LogP contribution in [0.2, 0.25) is 6.56 Å². The second kappa shape index (κ2) is 5.28. The maximum atomic E-state index is 11.9. The highest BCUT2D eigenvalue weighted by atomic mass is 35.5. The molecule has 0 fully saturated rings. The lowest BCUT2D eigenvalue weighted by Gasteiger charge is -2.07. The van der Waals surface area contributed by atoms with E-state index in [0.29, 0.717) is 5.56 Å². The van der Waals surface area contributed by atoms with Gasteiger partial charge in [-0.2, -0.15) is 4.68 Å². The molecule has 0 aromatic carbocycles. The molecule has 3 rings (SSSR count). The molecular formula is C9H8ClN9O2.